The summed E-state index contributed by atoms with van der Waals surface area (Å²) in [5.41, 5.74) is 3.80. The molecule has 9 heteroatoms. The zero-order valence-electron chi connectivity index (χ0n) is 9.54. The van der Waals surface area contributed by atoms with Crippen molar-refractivity contribution in [1.29, 1.82) is 0 Å². The first-order chi connectivity index (χ1) is 8.68. The highest BCUT2D eigenvalue weighted by molar-refractivity contribution is 6.07. The van der Waals surface area contributed by atoms with E-state index in [0.717, 1.165) is 19.2 Å². The summed E-state index contributed by atoms with van der Waals surface area (Å²) in [7, 11) is 0.973. The summed E-state index contributed by atoms with van der Waals surface area (Å²) >= 11 is 0. The molecule has 0 bridgehead atoms. The third-order valence-electron chi connectivity index (χ3n) is 2.12. The molecule has 0 atom stereocenters. The van der Waals surface area contributed by atoms with Crippen LogP contribution in [0.15, 0.2) is 12.1 Å². The second-order valence-corrected chi connectivity index (χ2v) is 3.36. The van der Waals surface area contributed by atoms with E-state index in [0.29, 0.717) is 0 Å². The number of alkyl halides is 3. The molecule has 0 spiro atoms. The Kier molecular flexibility index (Phi) is 3.88. The lowest BCUT2D eigenvalue weighted by molar-refractivity contribution is -0.167. The normalized spacial score (nSPS) is 10.9. The Morgan fingerprint density at radius 2 is 1.95 bits per heavy atom. The standard InChI is InChI=1S/C10H9F3N2O4/c1-19-8(17)6-4(2-3-5(16)7(6)14)15-9(18)10(11,12)13/h2-3,16H,14H2,1H3,(H,15,18). The fourth-order valence-corrected chi connectivity index (χ4v) is 1.23. The summed E-state index contributed by atoms with van der Waals surface area (Å²) in [5, 5.41) is 10.8. The summed E-state index contributed by atoms with van der Waals surface area (Å²) in [5.74, 6) is -3.89. The number of carbonyl (C=O) groups is 2. The second-order valence-electron chi connectivity index (χ2n) is 3.36. The maximum Gasteiger partial charge on any atom is 0.471 e. The van der Waals surface area contributed by atoms with Gasteiger partial charge < -0.3 is 20.9 Å². The molecular weight excluding hydrogens is 269 g/mol. The molecule has 0 heterocycles. The molecule has 0 saturated heterocycles. The van der Waals surface area contributed by atoms with Crippen LogP contribution in [0.3, 0.4) is 0 Å². The zero-order chi connectivity index (χ0) is 14.8. The number of aromatic hydroxyl groups is 1. The van der Waals surface area contributed by atoms with E-state index < -0.39 is 40.7 Å². The molecule has 0 saturated carbocycles. The maximum absolute atomic E-state index is 12.1. The van der Waals surface area contributed by atoms with Crippen LogP contribution in [0.25, 0.3) is 0 Å². The van der Waals surface area contributed by atoms with Crippen LogP contribution >= 0.6 is 0 Å². The van der Waals surface area contributed by atoms with Gasteiger partial charge in [-0.05, 0) is 12.1 Å². The van der Waals surface area contributed by atoms with Gasteiger partial charge in [-0.3, -0.25) is 4.79 Å². The smallest absolute Gasteiger partial charge is 0.471 e. The average molecular weight is 278 g/mol. The van der Waals surface area contributed by atoms with E-state index in [-0.39, 0.29) is 0 Å². The maximum atomic E-state index is 12.1. The average Bonchev–Trinajstić information content (AvgIpc) is 2.32. The van der Waals surface area contributed by atoms with Crippen molar-refractivity contribution in [2.45, 2.75) is 6.18 Å². The van der Waals surface area contributed by atoms with Gasteiger partial charge in [0, 0.05) is 0 Å². The van der Waals surface area contributed by atoms with Gasteiger partial charge in [0.15, 0.2) is 0 Å². The molecule has 4 N–H and O–H groups in total. The number of nitrogens with two attached hydrogens (primary N) is 1. The monoisotopic (exact) mass is 278 g/mol. The van der Waals surface area contributed by atoms with Gasteiger partial charge in [0.05, 0.1) is 18.5 Å². The van der Waals surface area contributed by atoms with Crippen LogP contribution in [0.2, 0.25) is 0 Å². The molecule has 1 amide bonds. The number of phenols is 1. The van der Waals surface area contributed by atoms with Crippen LogP contribution in [-0.4, -0.2) is 30.3 Å². The Hall–Kier alpha value is -2.45. The quantitative estimate of drug-likeness (QED) is 0.327. The Labute approximate surface area is 105 Å². The molecule has 0 aliphatic heterocycles. The van der Waals surface area contributed by atoms with E-state index in [1.165, 1.54) is 5.32 Å². The minimum Gasteiger partial charge on any atom is -0.506 e. The van der Waals surface area contributed by atoms with Crippen molar-refractivity contribution in [3.05, 3.63) is 17.7 Å². The molecule has 104 valence electrons. The number of amides is 1. The minimum absolute atomic E-state index is 0.494. The molecule has 0 aliphatic rings. The van der Waals surface area contributed by atoms with Crippen molar-refractivity contribution in [3.8, 4) is 5.75 Å². The highest BCUT2D eigenvalue weighted by Gasteiger charge is 2.39. The summed E-state index contributed by atoms with van der Waals surface area (Å²) in [4.78, 5) is 22.2. The molecule has 1 rings (SSSR count). The van der Waals surface area contributed by atoms with Gasteiger partial charge in [0.25, 0.3) is 0 Å². The number of halogens is 3. The van der Waals surface area contributed by atoms with Crippen LogP contribution in [0.1, 0.15) is 10.4 Å². The first-order valence-electron chi connectivity index (χ1n) is 4.76. The number of rotatable bonds is 2. The van der Waals surface area contributed by atoms with Crippen molar-refractivity contribution in [2.24, 2.45) is 0 Å². The molecule has 1 aromatic carbocycles. The highest BCUT2D eigenvalue weighted by atomic mass is 19.4. The topological polar surface area (TPSA) is 102 Å². The molecule has 0 unspecified atom stereocenters. The van der Waals surface area contributed by atoms with Gasteiger partial charge in [-0.2, -0.15) is 13.2 Å². The van der Waals surface area contributed by atoms with Crippen molar-refractivity contribution in [1.82, 2.24) is 0 Å². The summed E-state index contributed by atoms with van der Waals surface area (Å²) < 4.78 is 40.7. The van der Waals surface area contributed by atoms with Gasteiger partial charge >= 0.3 is 18.1 Å². The summed E-state index contributed by atoms with van der Waals surface area (Å²) in [6.45, 7) is 0. The fraction of sp³-hybridized carbons (Fsp3) is 0.200. The number of hydrogen-bond donors (Lipinski definition) is 3. The predicted molar refractivity (Wildman–Crippen MR) is 58.5 cm³/mol. The first-order valence-corrected chi connectivity index (χ1v) is 4.76. The van der Waals surface area contributed by atoms with Crippen LogP contribution in [0.5, 0.6) is 5.75 Å². The number of carbonyl (C=O) groups excluding carboxylic acids is 2. The van der Waals surface area contributed by atoms with Crippen LogP contribution in [-0.2, 0) is 9.53 Å². The number of anilines is 2. The number of nitrogen functional groups attached to an aromatic ring is 1. The van der Waals surface area contributed by atoms with Gasteiger partial charge in [0.1, 0.15) is 11.3 Å². The molecule has 19 heavy (non-hydrogen) atoms. The molecule has 0 radical (unpaired) electrons. The number of phenolic OH excluding ortho intramolecular Hbond substituents is 1. The molecule has 1 aromatic rings. The van der Waals surface area contributed by atoms with E-state index >= 15 is 0 Å². The van der Waals surface area contributed by atoms with Crippen LogP contribution in [0.4, 0.5) is 24.5 Å². The van der Waals surface area contributed by atoms with E-state index in [9.17, 15) is 27.9 Å². The SMILES string of the molecule is COC(=O)c1c(NC(=O)C(F)(F)F)ccc(O)c1N. The molecular formula is C10H9F3N2O4. The van der Waals surface area contributed by atoms with Crippen molar-refractivity contribution in [3.63, 3.8) is 0 Å². The third-order valence-corrected chi connectivity index (χ3v) is 2.12. The van der Waals surface area contributed by atoms with Crippen LogP contribution in [0, 0.1) is 0 Å². The number of benzene rings is 1. The van der Waals surface area contributed by atoms with Gasteiger partial charge in [0.2, 0.25) is 0 Å². The van der Waals surface area contributed by atoms with Crippen molar-refractivity contribution >= 4 is 23.3 Å². The Bertz CT molecular complexity index is 528. The summed E-state index contributed by atoms with van der Waals surface area (Å²) in [6, 6.07) is 1.84. The Balaban J connectivity index is 3.25. The number of methoxy groups -OCH3 is 1. The largest absolute Gasteiger partial charge is 0.506 e. The second kappa shape index (κ2) is 5.04. The Morgan fingerprint density at radius 3 is 2.42 bits per heavy atom. The van der Waals surface area contributed by atoms with E-state index in [2.05, 4.69) is 4.74 Å². The number of esters is 1. The minimum atomic E-state index is -5.12. The Morgan fingerprint density at radius 1 is 1.37 bits per heavy atom. The number of nitrogens with one attached hydrogen (secondary N) is 1. The van der Waals surface area contributed by atoms with Crippen molar-refractivity contribution in [2.75, 3.05) is 18.2 Å². The van der Waals surface area contributed by atoms with E-state index in [1.807, 2.05) is 0 Å². The van der Waals surface area contributed by atoms with Crippen molar-refractivity contribution < 1.29 is 32.6 Å². The van der Waals surface area contributed by atoms with E-state index in [1.54, 1.807) is 0 Å². The highest BCUT2D eigenvalue weighted by Crippen LogP contribution is 2.32. The number of hydrogen-bond acceptors (Lipinski definition) is 5. The molecule has 6 nitrogen and oxygen atoms in total. The molecule has 0 aliphatic carbocycles. The summed E-state index contributed by atoms with van der Waals surface area (Å²) in [6.07, 6.45) is -5.12. The van der Waals surface area contributed by atoms with E-state index in [4.69, 9.17) is 5.73 Å². The lowest BCUT2D eigenvalue weighted by Crippen LogP contribution is -2.30. The lowest BCUT2D eigenvalue weighted by atomic mass is 10.1. The van der Waals surface area contributed by atoms with Gasteiger partial charge in [-0.15, -0.1) is 0 Å². The fourth-order valence-electron chi connectivity index (χ4n) is 1.23. The first kappa shape index (κ1) is 14.6. The van der Waals surface area contributed by atoms with Gasteiger partial charge in [-0.1, -0.05) is 0 Å². The molecule has 0 fully saturated rings. The lowest BCUT2D eigenvalue weighted by Gasteiger charge is -2.13. The van der Waals surface area contributed by atoms with Gasteiger partial charge in [-0.25, -0.2) is 4.79 Å². The van der Waals surface area contributed by atoms with Crippen LogP contribution < -0.4 is 11.1 Å². The predicted octanol–water partition coefficient (Wildman–Crippen LogP) is 1.26. The number of ether oxygens (including phenoxy) is 1. The zero-order valence-corrected chi connectivity index (χ0v) is 9.54. The third kappa shape index (κ3) is 3.06. The molecule has 0 aromatic heterocycles.